The lowest BCUT2D eigenvalue weighted by atomic mass is 10.1. The molecule has 1 aromatic rings. The van der Waals surface area contributed by atoms with Gasteiger partial charge in [-0.1, -0.05) is 20.3 Å². The normalized spacial score (nSPS) is 14.2. The molecule has 0 amide bonds. The highest BCUT2D eigenvalue weighted by molar-refractivity contribution is 7.85. The molecule has 1 rings (SSSR count). The van der Waals surface area contributed by atoms with Crippen LogP contribution in [0.2, 0.25) is 0 Å². The van der Waals surface area contributed by atoms with Crippen LogP contribution in [-0.4, -0.2) is 21.5 Å². The highest BCUT2D eigenvalue weighted by Crippen LogP contribution is 2.11. The van der Waals surface area contributed by atoms with E-state index in [0.29, 0.717) is 11.8 Å². The first-order valence-corrected chi connectivity index (χ1v) is 7.26. The fourth-order valence-corrected chi connectivity index (χ4v) is 2.87. The largest absolute Gasteiger partial charge is 0.293 e. The van der Waals surface area contributed by atoms with Crippen molar-refractivity contribution in [2.24, 2.45) is 5.92 Å². The average Bonchev–Trinajstić information content (AvgIpc) is 2.28. The third kappa shape index (κ3) is 4.29. The van der Waals surface area contributed by atoms with E-state index in [2.05, 4.69) is 0 Å². The molecule has 18 heavy (non-hydrogen) atoms. The van der Waals surface area contributed by atoms with Crippen LogP contribution in [0.3, 0.4) is 0 Å². The maximum atomic E-state index is 13.3. The second-order valence-electron chi connectivity index (χ2n) is 4.31. The van der Waals surface area contributed by atoms with Crippen molar-refractivity contribution in [2.45, 2.75) is 20.3 Å². The van der Waals surface area contributed by atoms with E-state index >= 15 is 0 Å². The molecule has 5 heteroatoms. The number of ketones is 1. The van der Waals surface area contributed by atoms with Gasteiger partial charge in [0, 0.05) is 22.6 Å². The number of carbonyl (C=O) groups is 1. The van der Waals surface area contributed by atoms with E-state index in [1.165, 1.54) is 0 Å². The van der Waals surface area contributed by atoms with Crippen LogP contribution in [0.1, 0.15) is 30.6 Å². The summed E-state index contributed by atoms with van der Waals surface area (Å²) in [5.41, 5.74) is -0.200. The van der Waals surface area contributed by atoms with Crippen LogP contribution in [0.4, 0.5) is 8.78 Å². The Morgan fingerprint density at radius 1 is 1.39 bits per heavy atom. The maximum absolute atomic E-state index is 13.3. The number of halogens is 2. The molecule has 0 aliphatic heterocycles. The molecule has 0 radical (unpaired) electrons. The van der Waals surface area contributed by atoms with Crippen molar-refractivity contribution in [3.05, 3.63) is 35.4 Å². The number of rotatable bonds is 6. The summed E-state index contributed by atoms with van der Waals surface area (Å²) in [7, 11) is -1.30. The predicted octanol–water partition coefficient (Wildman–Crippen LogP) is 2.94. The Morgan fingerprint density at radius 3 is 2.61 bits per heavy atom. The van der Waals surface area contributed by atoms with Crippen molar-refractivity contribution in [1.29, 1.82) is 0 Å². The number of hydrogen-bond donors (Lipinski definition) is 0. The first-order valence-electron chi connectivity index (χ1n) is 5.77. The minimum Gasteiger partial charge on any atom is -0.293 e. The summed E-state index contributed by atoms with van der Waals surface area (Å²) < 4.78 is 37.7. The minimum absolute atomic E-state index is 0.200. The van der Waals surface area contributed by atoms with Crippen molar-refractivity contribution in [1.82, 2.24) is 0 Å². The second-order valence-corrected chi connectivity index (χ2v) is 5.81. The van der Waals surface area contributed by atoms with E-state index in [1.807, 2.05) is 13.8 Å². The standard InChI is InChI=1S/C13H16F2O2S/c1-3-9(2)7-18(17)8-13(16)11-5-4-10(14)6-12(11)15/h4-6,9H,3,7-8H2,1-2H3. The zero-order valence-corrected chi connectivity index (χ0v) is 11.2. The van der Waals surface area contributed by atoms with Crippen molar-refractivity contribution in [3.63, 3.8) is 0 Å². The Morgan fingerprint density at radius 2 is 2.06 bits per heavy atom. The molecule has 2 unspecified atom stereocenters. The van der Waals surface area contributed by atoms with Crippen molar-refractivity contribution in [2.75, 3.05) is 11.5 Å². The van der Waals surface area contributed by atoms with Crippen LogP contribution in [-0.2, 0) is 10.8 Å². The van der Waals surface area contributed by atoms with E-state index in [1.54, 1.807) is 0 Å². The molecule has 0 aliphatic rings. The topological polar surface area (TPSA) is 34.1 Å². The molecule has 1 aromatic carbocycles. The molecular formula is C13H16F2O2S. The first kappa shape index (κ1) is 15.0. The molecule has 0 bridgehead atoms. The number of benzene rings is 1. The fourth-order valence-electron chi connectivity index (χ4n) is 1.43. The quantitative estimate of drug-likeness (QED) is 0.747. The summed E-state index contributed by atoms with van der Waals surface area (Å²) in [6.07, 6.45) is 0.880. The van der Waals surface area contributed by atoms with Gasteiger partial charge in [-0.3, -0.25) is 9.00 Å². The van der Waals surface area contributed by atoms with E-state index < -0.39 is 28.2 Å². The van der Waals surface area contributed by atoms with Crippen LogP contribution in [0, 0.1) is 17.6 Å². The lowest BCUT2D eigenvalue weighted by Crippen LogP contribution is -2.17. The average molecular weight is 274 g/mol. The molecule has 2 atom stereocenters. The monoisotopic (exact) mass is 274 g/mol. The van der Waals surface area contributed by atoms with Crippen molar-refractivity contribution < 1.29 is 17.8 Å². The molecule has 0 saturated heterocycles. The van der Waals surface area contributed by atoms with E-state index in [0.717, 1.165) is 18.6 Å². The maximum Gasteiger partial charge on any atom is 0.178 e. The summed E-state index contributed by atoms with van der Waals surface area (Å²) in [5.74, 6) is -1.71. The molecular weight excluding hydrogens is 258 g/mol. The molecule has 100 valence electrons. The molecule has 0 aliphatic carbocycles. The number of hydrogen-bond acceptors (Lipinski definition) is 2. The summed E-state index contributed by atoms with van der Waals surface area (Å²) >= 11 is 0. The summed E-state index contributed by atoms with van der Waals surface area (Å²) in [6, 6.07) is 2.77. The number of carbonyl (C=O) groups excluding carboxylic acids is 1. The summed E-state index contributed by atoms with van der Waals surface area (Å²) in [5, 5.41) is 0. The van der Waals surface area contributed by atoms with Crippen molar-refractivity contribution in [3.8, 4) is 0 Å². The summed E-state index contributed by atoms with van der Waals surface area (Å²) in [4.78, 5) is 11.7. The van der Waals surface area contributed by atoms with E-state index in [9.17, 15) is 17.8 Å². The Hall–Kier alpha value is -1.10. The SMILES string of the molecule is CCC(C)CS(=O)CC(=O)c1ccc(F)cc1F. The molecule has 0 heterocycles. The summed E-state index contributed by atoms with van der Waals surface area (Å²) in [6.45, 7) is 3.92. The lowest BCUT2D eigenvalue weighted by molar-refractivity contribution is 0.101. The van der Waals surface area contributed by atoms with Gasteiger partial charge >= 0.3 is 0 Å². The van der Waals surface area contributed by atoms with Gasteiger partial charge in [0.1, 0.15) is 11.6 Å². The van der Waals surface area contributed by atoms with Gasteiger partial charge in [0.05, 0.1) is 11.3 Å². The second kappa shape index (κ2) is 6.73. The Kier molecular flexibility index (Phi) is 5.59. The molecule has 0 fully saturated rings. The molecule has 2 nitrogen and oxygen atoms in total. The van der Waals surface area contributed by atoms with Gasteiger partial charge in [-0.15, -0.1) is 0 Å². The predicted molar refractivity (Wildman–Crippen MR) is 68.0 cm³/mol. The van der Waals surface area contributed by atoms with Crippen LogP contribution in [0.5, 0.6) is 0 Å². The Balaban J connectivity index is 2.68. The van der Waals surface area contributed by atoms with Crippen LogP contribution in [0.15, 0.2) is 18.2 Å². The zero-order valence-electron chi connectivity index (χ0n) is 10.4. The minimum atomic E-state index is -1.30. The van der Waals surface area contributed by atoms with Crippen molar-refractivity contribution >= 4 is 16.6 Å². The fraction of sp³-hybridized carbons (Fsp3) is 0.462. The van der Waals surface area contributed by atoms with Crippen LogP contribution < -0.4 is 0 Å². The lowest BCUT2D eigenvalue weighted by Gasteiger charge is -2.07. The highest BCUT2D eigenvalue weighted by atomic mass is 32.2. The van der Waals surface area contributed by atoms with E-state index in [4.69, 9.17) is 0 Å². The Labute approximate surface area is 108 Å². The van der Waals surface area contributed by atoms with Crippen LogP contribution >= 0.6 is 0 Å². The molecule has 0 saturated carbocycles. The third-order valence-electron chi connectivity index (χ3n) is 2.69. The third-order valence-corrected chi connectivity index (χ3v) is 4.22. The smallest absolute Gasteiger partial charge is 0.178 e. The van der Waals surface area contributed by atoms with Gasteiger partial charge in [0.25, 0.3) is 0 Å². The van der Waals surface area contributed by atoms with Crippen LogP contribution in [0.25, 0.3) is 0 Å². The molecule has 0 aromatic heterocycles. The molecule has 0 N–H and O–H groups in total. The highest BCUT2D eigenvalue weighted by Gasteiger charge is 2.16. The zero-order chi connectivity index (χ0) is 13.7. The Bertz CT molecular complexity index is 460. The van der Waals surface area contributed by atoms with Gasteiger partial charge in [-0.2, -0.15) is 0 Å². The van der Waals surface area contributed by atoms with Gasteiger partial charge in [0.2, 0.25) is 0 Å². The molecule has 0 spiro atoms. The van der Waals surface area contributed by atoms with Gasteiger partial charge < -0.3 is 0 Å². The van der Waals surface area contributed by atoms with E-state index in [-0.39, 0.29) is 17.2 Å². The van der Waals surface area contributed by atoms with Gasteiger partial charge in [-0.25, -0.2) is 8.78 Å². The number of Topliss-reactive ketones (excluding diaryl/α,β-unsaturated/α-hetero) is 1. The first-order chi connectivity index (χ1) is 8.43. The van der Waals surface area contributed by atoms with Gasteiger partial charge in [0.15, 0.2) is 5.78 Å². The van der Waals surface area contributed by atoms with Gasteiger partial charge in [-0.05, 0) is 18.1 Å².